The van der Waals surface area contributed by atoms with Crippen LogP contribution in [0, 0.1) is 0 Å². The van der Waals surface area contributed by atoms with E-state index < -0.39 is 11.2 Å². The van der Waals surface area contributed by atoms with E-state index in [1.54, 1.807) is 24.3 Å². The van der Waals surface area contributed by atoms with Crippen molar-refractivity contribution in [1.82, 2.24) is 9.66 Å². The Morgan fingerprint density at radius 2 is 1.71 bits per heavy atom. The Bertz CT molecular complexity index is 1740. The molecule has 1 aromatic heterocycles. The van der Waals surface area contributed by atoms with Gasteiger partial charge in [0.2, 0.25) is 6.79 Å². The summed E-state index contributed by atoms with van der Waals surface area (Å²) in [7, 11) is 0. The van der Waals surface area contributed by atoms with Crippen LogP contribution in [0.15, 0.2) is 93.6 Å². The second-order valence-electron chi connectivity index (χ2n) is 8.01. The molecule has 1 aliphatic rings. The van der Waals surface area contributed by atoms with Gasteiger partial charge in [0.1, 0.15) is 12.4 Å². The average Bonchev–Trinajstić information content (AvgIpc) is 3.36. The predicted octanol–water partition coefficient (Wildman–Crippen LogP) is 4.03. The fourth-order valence-electron chi connectivity index (χ4n) is 4.10. The summed E-state index contributed by atoms with van der Waals surface area (Å²) >= 11 is 0. The zero-order valence-corrected chi connectivity index (χ0v) is 18.4. The van der Waals surface area contributed by atoms with Gasteiger partial charge in [-0.25, -0.2) is 4.79 Å². The first kappa shape index (κ1) is 20.7. The van der Waals surface area contributed by atoms with Gasteiger partial charge in [0.25, 0.3) is 5.56 Å². The third kappa shape index (κ3) is 3.80. The third-order valence-corrected chi connectivity index (χ3v) is 5.85. The molecule has 0 spiro atoms. The second-order valence-corrected chi connectivity index (χ2v) is 8.01. The van der Waals surface area contributed by atoms with E-state index in [0.717, 1.165) is 21.0 Å². The van der Waals surface area contributed by atoms with Crippen molar-refractivity contribution in [3.8, 4) is 17.2 Å². The zero-order chi connectivity index (χ0) is 23.8. The number of fused-ring (bicyclic) bond motifs is 3. The number of hydrogen-bond acceptors (Lipinski definition) is 6. The Kier molecular flexibility index (Phi) is 5.03. The zero-order valence-electron chi connectivity index (χ0n) is 18.4. The number of nitrogens with zero attached hydrogens (tertiary/aromatic N) is 2. The minimum absolute atomic E-state index is 0.207. The van der Waals surface area contributed by atoms with Gasteiger partial charge in [-0.3, -0.25) is 4.79 Å². The van der Waals surface area contributed by atoms with Gasteiger partial charge in [0, 0.05) is 5.56 Å². The Hall–Kier alpha value is -4.85. The van der Waals surface area contributed by atoms with Crippen molar-refractivity contribution in [1.29, 1.82) is 0 Å². The van der Waals surface area contributed by atoms with Crippen molar-refractivity contribution in [3.05, 3.63) is 111 Å². The predicted molar refractivity (Wildman–Crippen MR) is 133 cm³/mol. The maximum atomic E-state index is 12.9. The summed E-state index contributed by atoms with van der Waals surface area (Å²) in [6, 6.07) is 24.0. The quantitative estimate of drug-likeness (QED) is 0.396. The van der Waals surface area contributed by atoms with E-state index in [4.69, 9.17) is 14.2 Å². The van der Waals surface area contributed by atoms with Crippen molar-refractivity contribution < 1.29 is 14.2 Å². The number of H-pyrrole nitrogens is 1. The van der Waals surface area contributed by atoms with Crippen LogP contribution < -0.4 is 25.5 Å². The number of para-hydroxylation sites is 1. The number of ether oxygens (including phenoxy) is 3. The standard InChI is InChI=1S/C27H19N3O5/c31-26-20-7-3-4-8-22(20)29-27(32)30(26)28-14-21-19-6-2-1-5-18(19)10-12-23(21)33-15-17-9-11-24-25(13-17)35-16-34-24/h1-14H,15-16H2,(H,29,32). The van der Waals surface area contributed by atoms with Crippen molar-refractivity contribution in [2.75, 3.05) is 6.79 Å². The molecule has 6 rings (SSSR count). The van der Waals surface area contributed by atoms with Crippen LogP contribution in [0.4, 0.5) is 0 Å². The van der Waals surface area contributed by atoms with E-state index in [1.807, 2.05) is 54.6 Å². The van der Waals surface area contributed by atoms with E-state index in [1.165, 1.54) is 6.21 Å². The first-order valence-electron chi connectivity index (χ1n) is 11.0. The summed E-state index contributed by atoms with van der Waals surface area (Å²) in [6.45, 7) is 0.491. The summed E-state index contributed by atoms with van der Waals surface area (Å²) in [6.07, 6.45) is 1.49. The van der Waals surface area contributed by atoms with Gasteiger partial charge in [-0.1, -0.05) is 48.5 Å². The van der Waals surface area contributed by atoms with Gasteiger partial charge in [-0.15, -0.1) is 4.68 Å². The van der Waals surface area contributed by atoms with Crippen molar-refractivity contribution in [3.63, 3.8) is 0 Å². The fraction of sp³-hybridized carbons (Fsp3) is 0.0741. The van der Waals surface area contributed by atoms with Crippen LogP contribution in [0.25, 0.3) is 21.7 Å². The van der Waals surface area contributed by atoms with Crippen molar-refractivity contribution in [2.24, 2.45) is 5.10 Å². The molecule has 8 nitrogen and oxygen atoms in total. The molecule has 1 aliphatic heterocycles. The molecule has 0 aliphatic carbocycles. The minimum Gasteiger partial charge on any atom is -0.488 e. The first-order valence-corrected chi connectivity index (χ1v) is 11.0. The normalized spacial score (nSPS) is 12.6. The SMILES string of the molecule is O=c1[nH]c2ccccc2c(=O)n1N=Cc1c(OCc2ccc3c(c2)OCO3)ccc2ccccc12. The molecular weight excluding hydrogens is 446 g/mol. The lowest BCUT2D eigenvalue weighted by Crippen LogP contribution is -2.32. The van der Waals surface area contributed by atoms with Gasteiger partial charge < -0.3 is 19.2 Å². The molecule has 1 N–H and O–H groups in total. The van der Waals surface area contributed by atoms with E-state index in [-0.39, 0.29) is 13.4 Å². The molecule has 35 heavy (non-hydrogen) atoms. The second kappa shape index (κ2) is 8.49. The lowest BCUT2D eigenvalue weighted by atomic mass is 10.0. The molecule has 0 fully saturated rings. The molecule has 0 saturated carbocycles. The van der Waals surface area contributed by atoms with Crippen molar-refractivity contribution >= 4 is 27.9 Å². The molecule has 4 aromatic carbocycles. The number of aromatic nitrogens is 2. The van der Waals surface area contributed by atoms with Gasteiger partial charge in [0.15, 0.2) is 11.5 Å². The Morgan fingerprint density at radius 3 is 2.63 bits per heavy atom. The highest BCUT2D eigenvalue weighted by Gasteiger charge is 2.14. The van der Waals surface area contributed by atoms with E-state index in [0.29, 0.717) is 33.7 Å². The van der Waals surface area contributed by atoms with E-state index in [2.05, 4.69) is 10.1 Å². The van der Waals surface area contributed by atoms with E-state index in [9.17, 15) is 9.59 Å². The van der Waals surface area contributed by atoms with Crippen LogP contribution in [-0.2, 0) is 6.61 Å². The first-order chi connectivity index (χ1) is 17.2. The Balaban J connectivity index is 1.40. The van der Waals surface area contributed by atoms with Crippen LogP contribution in [0.2, 0.25) is 0 Å². The summed E-state index contributed by atoms with van der Waals surface area (Å²) in [5.74, 6) is 1.95. The molecule has 0 saturated heterocycles. The van der Waals surface area contributed by atoms with Crippen LogP contribution >= 0.6 is 0 Å². The summed E-state index contributed by atoms with van der Waals surface area (Å²) in [5.41, 5.74) is 0.916. The maximum Gasteiger partial charge on any atom is 0.349 e. The molecule has 0 bridgehead atoms. The third-order valence-electron chi connectivity index (χ3n) is 5.85. The maximum absolute atomic E-state index is 12.9. The largest absolute Gasteiger partial charge is 0.488 e. The fourth-order valence-corrected chi connectivity index (χ4v) is 4.10. The van der Waals surface area contributed by atoms with E-state index >= 15 is 0 Å². The molecule has 0 atom stereocenters. The molecule has 172 valence electrons. The molecule has 0 radical (unpaired) electrons. The lowest BCUT2D eigenvalue weighted by molar-refractivity contribution is 0.174. The molecule has 8 heteroatoms. The van der Waals surface area contributed by atoms with Crippen LogP contribution in [0.5, 0.6) is 17.2 Å². The summed E-state index contributed by atoms with van der Waals surface area (Å²) < 4.78 is 17.8. The highest BCUT2D eigenvalue weighted by Crippen LogP contribution is 2.33. The summed E-state index contributed by atoms with van der Waals surface area (Å²) in [5, 5.41) is 6.49. The highest BCUT2D eigenvalue weighted by molar-refractivity contribution is 6.02. The number of rotatable bonds is 5. The number of nitrogens with one attached hydrogen (secondary N) is 1. The van der Waals surface area contributed by atoms with Crippen LogP contribution in [0.3, 0.4) is 0 Å². The number of benzene rings is 4. The molecular formula is C27H19N3O5. The molecule has 2 heterocycles. The lowest BCUT2D eigenvalue weighted by Gasteiger charge is -2.12. The Labute approximate surface area is 198 Å². The average molecular weight is 465 g/mol. The Morgan fingerprint density at radius 1 is 0.914 bits per heavy atom. The molecule has 5 aromatic rings. The van der Waals surface area contributed by atoms with Gasteiger partial charge in [-0.05, 0) is 46.7 Å². The highest BCUT2D eigenvalue weighted by atomic mass is 16.7. The van der Waals surface area contributed by atoms with Gasteiger partial charge in [0.05, 0.1) is 17.1 Å². The molecule has 0 unspecified atom stereocenters. The van der Waals surface area contributed by atoms with Crippen LogP contribution in [0.1, 0.15) is 11.1 Å². The smallest absolute Gasteiger partial charge is 0.349 e. The van der Waals surface area contributed by atoms with Crippen molar-refractivity contribution in [2.45, 2.75) is 6.61 Å². The van der Waals surface area contributed by atoms with Gasteiger partial charge >= 0.3 is 5.69 Å². The van der Waals surface area contributed by atoms with Gasteiger partial charge in [-0.2, -0.15) is 5.10 Å². The number of hydrogen-bond donors (Lipinski definition) is 1. The summed E-state index contributed by atoms with van der Waals surface area (Å²) in [4.78, 5) is 28.2. The minimum atomic E-state index is -0.618. The number of aromatic amines is 1. The van der Waals surface area contributed by atoms with Crippen LogP contribution in [-0.4, -0.2) is 22.7 Å². The molecule has 0 amide bonds. The topological polar surface area (TPSA) is 94.9 Å². The monoisotopic (exact) mass is 465 g/mol.